The first-order valence-corrected chi connectivity index (χ1v) is 6.52. The Labute approximate surface area is 118 Å². The molecule has 0 aromatic carbocycles. The molecule has 0 unspecified atom stereocenters. The number of hydrogen-bond acceptors (Lipinski definition) is 6. The van der Waals surface area contributed by atoms with Gasteiger partial charge in [-0.2, -0.15) is 5.10 Å². The second-order valence-electron chi connectivity index (χ2n) is 3.95. The Kier molecular flexibility index (Phi) is 3.89. The summed E-state index contributed by atoms with van der Waals surface area (Å²) in [5, 5.41) is 12.5. The Morgan fingerprint density at radius 2 is 2.25 bits per heavy atom. The molecule has 2 aromatic heterocycles. The van der Waals surface area contributed by atoms with E-state index in [9.17, 15) is 9.59 Å². The molecule has 2 aromatic rings. The molecule has 0 radical (unpaired) electrons. The lowest BCUT2D eigenvalue weighted by atomic mass is 10.2. The number of aromatic nitrogens is 2. The van der Waals surface area contributed by atoms with Crippen molar-refractivity contribution in [3.63, 3.8) is 0 Å². The van der Waals surface area contributed by atoms with Gasteiger partial charge in [0.15, 0.2) is 0 Å². The highest BCUT2D eigenvalue weighted by atomic mass is 32.1. The predicted octanol–water partition coefficient (Wildman–Crippen LogP) is 0.124. The van der Waals surface area contributed by atoms with Gasteiger partial charge in [0, 0.05) is 25.4 Å². The number of nitrogens with one attached hydrogen (secondary N) is 3. The van der Waals surface area contributed by atoms with Gasteiger partial charge in [-0.15, -0.1) is 11.3 Å². The molecule has 0 saturated carbocycles. The summed E-state index contributed by atoms with van der Waals surface area (Å²) in [6, 6.07) is 0. The standard InChI is InChI=1S/C11H14N6O2S/c1-14-10(19)6-7(12)8(9(13)18)20-11(6)15-2-5-3-16-17-4-5/h3-4,15H,2,12H2,1H3,(H2,13,18)(H,14,19)(H,16,17). The van der Waals surface area contributed by atoms with Crippen LogP contribution in [0, 0.1) is 0 Å². The number of rotatable bonds is 5. The minimum Gasteiger partial charge on any atom is -0.397 e. The molecule has 2 amide bonds. The van der Waals surface area contributed by atoms with Gasteiger partial charge >= 0.3 is 0 Å². The van der Waals surface area contributed by atoms with Gasteiger partial charge in [-0.3, -0.25) is 14.7 Å². The maximum absolute atomic E-state index is 11.9. The van der Waals surface area contributed by atoms with E-state index in [1.54, 1.807) is 12.4 Å². The average Bonchev–Trinajstić information content (AvgIpc) is 3.03. The largest absolute Gasteiger partial charge is 0.397 e. The van der Waals surface area contributed by atoms with E-state index in [-0.39, 0.29) is 22.0 Å². The minimum atomic E-state index is -0.658. The zero-order valence-corrected chi connectivity index (χ0v) is 11.5. The second kappa shape index (κ2) is 5.61. The Hall–Kier alpha value is -2.55. The monoisotopic (exact) mass is 294 g/mol. The van der Waals surface area contributed by atoms with Gasteiger partial charge in [-0.1, -0.05) is 0 Å². The van der Waals surface area contributed by atoms with Crippen LogP contribution < -0.4 is 22.1 Å². The van der Waals surface area contributed by atoms with E-state index in [2.05, 4.69) is 20.8 Å². The van der Waals surface area contributed by atoms with Crippen LogP contribution in [0.3, 0.4) is 0 Å². The summed E-state index contributed by atoms with van der Waals surface area (Å²) in [6.45, 7) is 0.443. The van der Waals surface area contributed by atoms with Crippen molar-refractivity contribution in [1.82, 2.24) is 15.5 Å². The molecule has 0 atom stereocenters. The van der Waals surface area contributed by atoms with E-state index < -0.39 is 5.91 Å². The number of hydrogen-bond donors (Lipinski definition) is 5. The molecule has 20 heavy (non-hydrogen) atoms. The van der Waals surface area contributed by atoms with E-state index in [0.29, 0.717) is 11.5 Å². The lowest BCUT2D eigenvalue weighted by molar-refractivity contribution is 0.0965. The van der Waals surface area contributed by atoms with E-state index in [1.807, 2.05) is 0 Å². The highest BCUT2D eigenvalue weighted by Crippen LogP contribution is 2.35. The molecule has 0 spiro atoms. The van der Waals surface area contributed by atoms with Crippen LogP contribution in [0.1, 0.15) is 25.6 Å². The summed E-state index contributed by atoms with van der Waals surface area (Å²) in [5.74, 6) is -1.03. The number of amides is 2. The Balaban J connectivity index is 2.32. The molecule has 8 nitrogen and oxygen atoms in total. The summed E-state index contributed by atoms with van der Waals surface area (Å²) in [5.41, 5.74) is 12.3. The number of nitrogens with two attached hydrogens (primary N) is 2. The molecule has 7 N–H and O–H groups in total. The highest BCUT2D eigenvalue weighted by Gasteiger charge is 2.23. The predicted molar refractivity (Wildman–Crippen MR) is 76.6 cm³/mol. The van der Waals surface area contributed by atoms with Gasteiger partial charge in [-0.25, -0.2) is 0 Å². The third-order valence-corrected chi connectivity index (χ3v) is 3.81. The third-order valence-electron chi connectivity index (χ3n) is 2.63. The van der Waals surface area contributed by atoms with E-state index in [0.717, 1.165) is 16.9 Å². The van der Waals surface area contributed by atoms with Crippen LogP contribution in [-0.2, 0) is 6.54 Å². The summed E-state index contributed by atoms with van der Waals surface area (Å²) >= 11 is 1.06. The van der Waals surface area contributed by atoms with Crippen molar-refractivity contribution in [1.29, 1.82) is 0 Å². The number of H-pyrrole nitrogens is 1. The van der Waals surface area contributed by atoms with Crippen molar-refractivity contribution < 1.29 is 9.59 Å². The topological polar surface area (TPSA) is 139 Å². The molecule has 106 valence electrons. The lowest BCUT2D eigenvalue weighted by Gasteiger charge is -2.05. The van der Waals surface area contributed by atoms with E-state index >= 15 is 0 Å². The number of primary amides is 1. The van der Waals surface area contributed by atoms with Crippen LogP contribution in [0.15, 0.2) is 12.4 Å². The van der Waals surface area contributed by atoms with Crippen LogP contribution in [0.2, 0.25) is 0 Å². The van der Waals surface area contributed by atoms with Crippen molar-refractivity contribution in [2.75, 3.05) is 18.1 Å². The molecule has 2 rings (SSSR count). The average molecular weight is 294 g/mol. The van der Waals surface area contributed by atoms with Crippen LogP contribution in [0.25, 0.3) is 0 Å². The number of nitrogen functional groups attached to an aromatic ring is 1. The van der Waals surface area contributed by atoms with Crippen LogP contribution in [0.5, 0.6) is 0 Å². The van der Waals surface area contributed by atoms with Crippen molar-refractivity contribution in [2.24, 2.45) is 5.73 Å². The van der Waals surface area contributed by atoms with Gasteiger partial charge in [0.2, 0.25) is 0 Å². The molecule has 9 heteroatoms. The van der Waals surface area contributed by atoms with Crippen LogP contribution in [0.4, 0.5) is 10.7 Å². The summed E-state index contributed by atoms with van der Waals surface area (Å²) < 4.78 is 0. The van der Waals surface area contributed by atoms with Gasteiger partial charge in [0.1, 0.15) is 9.88 Å². The fourth-order valence-corrected chi connectivity index (χ4v) is 2.62. The van der Waals surface area contributed by atoms with E-state index in [1.165, 1.54) is 7.05 Å². The molecule has 0 saturated heterocycles. The van der Waals surface area contributed by atoms with E-state index in [4.69, 9.17) is 11.5 Å². The number of carbonyl (C=O) groups is 2. The number of nitrogens with zero attached hydrogens (tertiary/aromatic N) is 1. The Morgan fingerprint density at radius 3 is 2.80 bits per heavy atom. The molecular formula is C11H14N6O2S. The Morgan fingerprint density at radius 1 is 1.50 bits per heavy atom. The van der Waals surface area contributed by atoms with Gasteiger partial charge in [-0.05, 0) is 0 Å². The first kappa shape index (κ1) is 13.9. The summed E-state index contributed by atoms with van der Waals surface area (Å²) in [7, 11) is 1.49. The van der Waals surface area contributed by atoms with Crippen molar-refractivity contribution in [3.8, 4) is 0 Å². The SMILES string of the molecule is CNC(=O)c1c(NCc2cn[nH]c2)sc(C(N)=O)c1N. The molecule has 0 aliphatic rings. The fraction of sp³-hybridized carbons (Fsp3) is 0.182. The summed E-state index contributed by atoms with van der Waals surface area (Å²) in [6.07, 6.45) is 3.37. The maximum atomic E-state index is 11.9. The Bertz CT molecular complexity index is 634. The highest BCUT2D eigenvalue weighted by molar-refractivity contribution is 7.19. The van der Waals surface area contributed by atoms with Crippen molar-refractivity contribution in [2.45, 2.75) is 6.54 Å². The lowest BCUT2D eigenvalue weighted by Crippen LogP contribution is -2.20. The number of carbonyl (C=O) groups excluding carboxylic acids is 2. The quantitative estimate of drug-likeness (QED) is 0.533. The molecule has 0 aliphatic carbocycles. The summed E-state index contributed by atoms with van der Waals surface area (Å²) in [4.78, 5) is 23.3. The normalized spacial score (nSPS) is 10.2. The van der Waals surface area contributed by atoms with Crippen molar-refractivity contribution >= 4 is 33.8 Å². The third kappa shape index (κ3) is 2.57. The zero-order valence-electron chi connectivity index (χ0n) is 10.7. The maximum Gasteiger partial charge on any atom is 0.260 e. The molecule has 2 heterocycles. The number of anilines is 2. The first-order chi connectivity index (χ1) is 9.54. The van der Waals surface area contributed by atoms with Crippen LogP contribution >= 0.6 is 11.3 Å². The van der Waals surface area contributed by atoms with Gasteiger partial charge < -0.3 is 22.1 Å². The van der Waals surface area contributed by atoms with Crippen molar-refractivity contribution in [3.05, 3.63) is 28.4 Å². The smallest absolute Gasteiger partial charge is 0.260 e. The zero-order chi connectivity index (χ0) is 14.7. The fourth-order valence-electron chi connectivity index (χ4n) is 1.66. The van der Waals surface area contributed by atoms with Crippen LogP contribution in [-0.4, -0.2) is 29.1 Å². The molecule has 0 bridgehead atoms. The number of aromatic amines is 1. The van der Waals surface area contributed by atoms with Gasteiger partial charge in [0.05, 0.1) is 17.4 Å². The second-order valence-corrected chi connectivity index (χ2v) is 4.97. The van der Waals surface area contributed by atoms with Gasteiger partial charge in [0.25, 0.3) is 11.8 Å². The molecule has 0 fully saturated rings. The number of thiophene rings is 1. The first-order valence-electron chi connectivity index (χ1n) is 5.70. The molecule has 0 aliphatic heterocycles. The molecular weight excluding hydrogens is 280 g/mol. The minimum absolute atomic E-state index is 0.0940.